The average molecular weight is 390 g/mol. The van der Waals surface area contributed by atoms with E-state index in [-0.39, 0.29) is 12.4 Å². The summed E-state index contributed by atoms with van der Waals surface area (Å²) in [7, 11) is -3.31. The van der Waals surface area contributed by atoms with E-state index in [1.54, 1.807) is 13.8 Å². The van der Waals surface area contributed by atoms with E-state index in [4.69, 9.17) is 10.5 Å². The molecule has 0 unspecified atom stereocenters. The molecule has 0 aromatic heterocycles. The van der Waals surface area contributed by atoms with Gasteiger partial charge in [-0.15, -0.1) is 0 Å². The molecule has 3 N–H and O–H groups in total. The summed E-state index contributed by atoms with van der Waals surface area (Å²) < 4.78 is 44.8. The van der Waals surface area contributed by atoms with Gasteiger partial charge in [0.1, 0.15) is 6.17 Å². The smallest absolute Gasteiger partial charge is 0.289 e. The van der Waals surface area contributed by atoms with Crippen LogP contribution in [0.1, 0.15) is 26.7 Å². The standard InChI is InChI=1S/C16H27FN4O4S/c1-11(2)26(23,24)21-7-5-20(6-8-21)12-13(15(22)19-14(12)18)25-10-16(9-17)3-4-16/h11,14H,3-10,18H2,1-2H3,(H,19,22)/t14-/m0/s1. The Hall–Kier alpha value is -1.39. The number of amides is 1. The van der Waals surface area contributed by atoms with Crippen LogP contribution in [-0.4, -0.2) is 74.4 Å². The fourth-order valence-electron chi connectivity index (χ4n) is 3.21. The Balaban J connectivity index is 1.71. The SMILES string of the molecule is CC(C)S(=O)(=O)N1CCN(C2=C(OCC3(CF)CC3)C(=O)N[C@@H]2N)CC1. The maximum Gasteiger partial charge on any atom is 0.289 e. The molecule has 1 atom stereocenters. The van der Waals surface area contributed by atoms with Crippen molar-refractivity contribution in [2.45, 2.75) is 38.1 Å². The largest absolute Gasteiger partial charge is 0.486 e. The molecule has 8 nitrogen and oxygen atoms in total. The number of nitrogens with one attached hydrogen (secondary N) is 1. The van der Waals surface area contributed by atoms with Gasteiger partial charge in [-0.2, -0.15) is 4.31 Å². The van der Waals surface area contributed by atoms with E-state index in [2.05, 4.69) is 5.32 Å². The van der Waals surface area contributed by atoms with Crippen LogP contribution in [0, 0.1) is 5.41 Å². The number of rotatable bonds is 7. The van der Waals surface area contributed by atoms with Crippen LogP contribution in [0.5, 0.6) is 0 Å². The molecule has 1 saturated carbocycles. The molecule has 2 heterocycles. The number of piperazine rings is 1. The van der Waals surface area contributed by atoms with Crippen LogP contribution in [-0.2, 0) is 19.6 Å². The summed E-state index contributed by atoms with van der Waals surface area (Å²) in [5.74, 6) is -0.267. The van der Waals surface area contributed by atoms with Gasteiger partial charge in [-0.05, 0) is 26.7 Å². The summed E-state index contributed by atoms with van der Waals surface area (Å²) in [6.07, 6.45) is 0.808. The van der Waals surface area contributed by atoms with Crippen LogP contribution in [0.4, 0.5) is 4.39 Å². The van der Waals surface area contributed by atoms with Crippen molar-refractivity contribution in [3.05, 3.63) is 11.5 Å². The molecule has 26 heavy (non-hydrogen) atoms. The normalized spacial score (nSPS) is 26.4. The highest BCUT2D eigenvalue weighted by Gasteiger charge is 2.45. The Labute approximate surface area is 153 Å². The van der Waals surface area contributed by atoms with Crippen LogP contribution in [0.25, 0.3) is 0 Å². The van der Waals surface area contributed by atoms with Crippen molar-refractivity contribution in [1.29, 1.82) is 0 Å². The molecule has 0 aromatic rings. The quantitative estimate of drug-likeness (QED) is 0.620. The highest BCUT2D eigenvalue weighted by atomic mass is 32.2. The van der Waals surface area contributed by atoms with Crippen molar-refractivity contribution in [3.63, 3.8) is 0 Å². The molecule has 3 aliphatic rings. The van der Waals surface area contributed by atoms with Gasteiger partial charge in [0.25, 0.3) is 5.91 Å². The summed E-state index contributed by atoms with van der Waals surface area (Å²) in [4.78, 5) is 14.1. The van der Waals surface area contributed by atoms with E-state index >= 15 is 0 Å². The van der Waals surface area contributed by atoms with Crippen LogP contribution < -0.4 is 11.1 Å². The minimum Gasteiger partial charge on any atom is -0.486 e. The zero-order valence-corrected chi connectivity index (χ0v) is 16.0. The molecule has 0 aromatic carbocycles. The number of hydrogen-bond acceptors (Lipinski definition) is 6. The fraction of sp³-hybridized carbons (Fsp3) is 0.812. The van der Waals surface area contributed by atoms with E-state index in [9.17, 15) is 17.6 Å². The van der Waals surface area contributed by atoms with Gasteiger partial charge in [0.15, 0.2) is 0 Å². The van der Waals surface area contributed by atoms with E-state index in [1.165, 1.54) is 4.31 Å². The zero-order valence-electron chi connectivity index (χ0n) is 15.2. The van der Waals surface area contributed by atoms with Crippen molar-refractivity contribution in [1.82, 2.24) is 14.5 Å². The van der Waals surface area contributed by atoms with Gasteiger partial charge >= 0.3 is 0 Å². The van der Waals surface area contributed by atoms with Crippen molar-refractivity contribution < 1.29 is 22.3 Å². The van der Waals surface area contributed by atoms with Gasteiger partial charge in [0.2, 0.25) is 15.8 Å². The van der Waals surface area contributed by atoms with Gasteiger partial charge in [-0.1, -0.05) is 0 Å². The third kappa shape index (κ3) is 3.54. The Morgan fingerprint density at radius 2 is 1.92 bits per heavy atom. The lowest BCUT2D eigenvalue weighted by Crippen LogP contribution is -2.52. The summed E-state index contributed by atoms with van der Waals surface area (Å²) in [5, 5.41) is 2.15. The zero-order chi connectivity index (χ0) is 19.1. The first-order valence-corrected chi connectivity index (χ1v) is 10.4. The van der Waals surface area contributed by atoms with Crippen LogP contribution in [0.15, 0.2) is 11.5 Å². The number of hydrogen-bond donors (Lipinski definition) is 2. The van der Waals surface area contributed by atoms with Crippen molar-refractivity contribution in [3.8, 4) is 0 Å². The third-order valence-electron chi connectivity index (χ3n) is 5.32. The number of nitrogens with zero attached hydrogens (tertiary/aromatic N) is 2. The molecule has 1 aliphatic carbocycles. The molecule has 10 heteroatoms. The fourth-order valence-corrected chi connectivity index (χ4v) is 4.48. The number of carbonyl (C=O) groups excluding carboxylic acids is 1. The molecule has 2 fully saturated rings. The Morgan fingerprint density at radius 1 is 1.31 bits per heavy atom. The summed E-state index contributed by atoms with van der Waals surface area (Å²) in [6.45, 7) is 4.50. The summed E-state index contributed by atoms with van der Waals surface area (Å²) in [5.41, 5.74) is 6.10. The number of alkyl halides is 1. The predicted molar refractivity (Wildman–Crippen MR) is 93.9 cm³/mol. The number of nitrogens with two attached hydrogens (primary N) is 1. The second-order valence-electron chi connectivity index (χ2n) is 7.57. The Bertz CT molecular complexity index is 697. The number of sulfonamides is 1. The molecule has 0 bridgehead atoms. The Morgan fingerprint density at radius 3 is 2.42 bits per heavy atom. The van der Waals surface area contributed by atoms with Crippen LogP contribution in [0.3, 0.4) is 0 Å². The minimum atomic E-state index is -3.31. The first-order valence-electron chi connectivity index (χ1n) is 8.93. The number of carbonyl (C=O) groups is 1. The van der Waals surface area contributed by atoms with Crippen LogP contribution in [0.2, 0.25) is 0 Å². The van der Waals surface area contributed by atoms with Gasteiger partial charge in [-0.25, -0.2) is 8.42 Å². The molecule has 1 amide bonds. The maximum absolute atomic E-state index is 13.1. The van der Waals surface area contributed by atoms with Gasteiger partial charge in [0.05, 0.1) is 24.2 Å². The molecule has 3 rings (SSSR count). The third-order valence-corrected chi connectivity index (χ3v) is 7.59. The topological polar surface area (TPSA) is 105 Å². The summed E-state index contributed by atoms with van der Waals surface area (Å²) in [6, 6.07) is 0. The van der Waals surface area contributed by atoms with Gasteiger partial charge in [0, 0.05) is 31.6 Å². The van der Waals surface area contributed by atoms with Crippen molar-refractivity contribution in [2.24, 2.45) is 11.1 Å². The van der Waals surface area contributed by atoms with E-state index in [1.807, 2.05) is 4.90 Å². The van der Waals surface area contributed by atoms with Gasteiger partial charge in [-0.3, -0.25) is 9.18 Å². The second kappa shape index (κ2) is 6.97. The molecular weight excluding hydrogens is 363 g/mol. The number of ether oxygens (including phenoxy) is 1. The lowest BCUT2D eigenvalue weighted by Gasteiger charge is -2.37. The molecule has 0 spiro atoms. The first-order chi connectivity index (χ1) is 12.2. The Kier molecular flexibility index (Phi) is 5.19. The number of halogens is 1. The molecule has 148 valence electrons. The van der Waals surface area contributed by atoms with Crippen LogP contribution >= 0.6 is 0 Å². The average Bonchev–Trinajstić information content (AvgIpc) is 3.32. The second-order valence-corrected chi connectivity index (χ2v) is 10.1. The minimum absolute atomic E-state index is 0.136. The van der Waals surface area contributed by atoms with E-state index in [0.717, 1.165) is 12.8 Å². The van der Waals surface area contributed by atoms with Crippen molar-refractivity contribution in [2.75, 3.05) is 39.5 Å². The van der Waals surface area contributed by atoms with Gasteiger partial charge < -0.3 is 20.7 Å². The highest BCUT2D eigenvalue weighted by Crippen LogP contribution is 2.46. The van der Waals surface area contributed by atoms with E-state index in [0.29, 0.717) is 31.9 Å². The monoisotopic (exact) mass is 390 g/mol. The molecule has 0 radical (unpaired) electrons. The molecule has 1 saturated heterocycles. The molecule has 2 aliphatic heterocycles. The lowest BCUT2D eigenvalue weighted by atomic mass is 10.1. The molecular formula is C16H27FN4O4S. The van der Waals surface area contributed by atoms with Crippen molar-refractivity contribution >= 4 is 15.9 Å². The first kappa shape index (κ1) is 19.4. The summed E-state index contributed by atoms with van der Waals surface area (Å²) >= 11 is 0. The highest BCUT2D eigenvalue weighted by molar-refractivity contribution is 7.89. The maximum atomic E-state index is 13.1. The lowest BCUT2D eigenvalue weighted by molar-refractivity contribution is -0.120. The van der Waals surface area contributed by atoms with E-state index < -0.39 is 39.4 Å². The predicted octanol–water partition coefficient (Wildman–Crippen LogP) is -0.265.